The van der Waals surface area contributed by atoms with Gasteiger partial charge in [0.25, 0.3) is 0 Å². The average Bonchev–Trinajstić information content (AvgIpc) is 2.81. The molecule has 6 nitrogen and oxygen atoms in total. The zero-order valence-corrected chi connectivity index (χ0v) is 11.5. The SMILES string of the molecule is COC(=O)NC1CCN(Cc2nc(N)ccc2Cl)C1. The molecule has 19 heavy (non-hydrogen) atoms. The summed E-state index contributed by atoms with van der Waals surface area (Å²) in [4.78, 5) is 17.5. The third-order valence-corrected chi connectivity index (χ3v) is 3.44. The molecule has 1 atom stereocenters. The largest absolute Gasteiger partial charge is 0.453 e. The maximum absolute atomic E-state index is 11.1. The maximum atomic E-state index is 11.1. The lowest BCUT2D eigenvalue weighted by atomic mass is 10.3. The van der Waals surface area contributed by atoms with Crippen LogP contribution in [0, 0.1) is 0 Å². The van der Waals surface area contributed by atoms with E-state index in [0.29, 0.717) is 17.4 Å². The van der Waals surface area contributed by atoms with Crippen LogP contribution in [0.25, 0.3) is 0 Å². The van der Waals surface area contributed by atoms with Crippen LogP contribution in [0.5, 0.6) is 0 Å². The molecule has 1 unspecified atom stereocenters. The number of alkyl carbamates (subject to hydrolysis) is 1. The summed E-state index contributed by atoms with van der Waals surface area (Å²) in [6.07, 6.45) is 0.488. The summed E-state index contributed by atoms with van der Waals surface area (Å²) >= 11 is 6.08. The molecule has 104 valence electrons. The first kappa shape index (κ1) is 13.9. The standard InChI is InChI=1S/C12H17ClN4O2/c1-19-12(18)15-8-4-5-17(6-8)7-10-9(13)2-3-11(14)16-10/h2-3,8H,4-7H2,1H3,(H2,14,16)(H,15,18). The number of anilines is 1. The fourth-order valence-electron chi connectivity index (χ4n) is 2.14. The number of nitrogens with zero attached hydrogens (tertiary/aromatic N) is 2. The minimum absolute atomic E-state index is 0.104. The number of carbonyl (C=O) groups is 1. The van der Waals surface area contributed by atoms with E-state index in [0.717, 1.165) is 25.2 Å². The molecule has 1 fully saturated rings. The third-order valence-electron chi connectivity index (χ3n) is 3.09. The van der Waals surface area contributed by atoms with Gasteiger partial charge in [-0.1, -0.05) is 11.6 Å². The number of hydrogen-bond acceptors (Lipinski definition) is 5. The molecule has 1 aromatic rings. The van der Waals surface area contributed by atoms with Crippen molar-refractivity contribution in [3.63, 3.8) is 0 Å². The molecule has 7 heteroatoms. The highest BCUT2D eigenvalue weighted by molar-refractivity contribution is 6.31. The number of nitrogens with two attached hydrogens (primary N) is 1. The summed E-state index contributed by atoms with van der Waals surface area (Å²) in [7, 11) is 1.36. The van der Waals surface area contributed by atoms with Gasteiger partial charge in [0.05, 0.1) is 17.8 Å². The van der Waals surface area contributed by atoms with Crippen molar-refractivity contribution in [2.75, 3.05) is 25.9 Å². The summed E-state index contributed by atoms with van der Waals surface area (Å²) in [6.45, 7) is 2.26. The minimum atomic E-state index is -0.396. The van der Waals surface area contributed by atoms with Gasteiger partial charge in [0.15, 0.2) is 0 Å². The molecule has 0 aliphatic carbocycles. The molecule has 1 aliphatic rings. The summed E-state index contributed by atoms with van der Waals surface area (Å²) in [5, 5.41) is 3.40. The fraction of sp³-hybridized carbons (Fsp3) is 0.500. The first-order chi connectivity index (χ1) is 9.08. The Morgan fingerprint density at radius 1 is 1.68 bits per heavy atom. The van der Waals surface area contributed by atoms with Crippen molar-refractivity contribution in [2.45, 2.75) is 19.0 Å². The van der Waals surface area contributed by atoms with E-state index in [1.807, 2.05) is 0 Å². The molecular formula is C12H17ClN4O2. The van der Waals surface area contributed by atoms with E-state index in [1.165, 1.54) is 7.11 Å². The normalized spacial score (nSPS) is 19.4. The van der Waals surface area contributed by atoms with Crippen LogP contribution in [-0.2, 0) is 11.3 Å². The molecule has 0 bridgehead atoms. The molecular weight excluding hydrogens is 268 g/mol. The monoisotopic (exact) mass is 284 g/mol. The average molecular weight is 285 g/mol. The van der Waals surface area contributed by atoms with Crippen molar-refractivity contribution in [1.82, 2.24) is 15.2 Å². The van der Waals surface area contributed by atoms with Crippen molar-refractivity contribution >= 4 is 23.5 Å². The smallest absolute Gasteiger partial charge is 0.407 e. The molecule has 1 aromatic heterocycles. The van der Waals surface area contributed by atoms with Crippen LogP contribution >= 0.6 is 11.6 Å². The van der Waals surface area contributed by atoms with Crippen LogP contribution in [0.15, 0.2) is 12.1 Å². The van der Waals surface area contributed by atoms with E-state index >= 15 is 0 Å². The van der Waals surface area contributed by atoms with Crippen LogP contribution in [0.1, 0.15) is 12.1 Å². The number of ether oxygens (including phenoxy) is 1. The Morgan fingerprint density at radius 2 is 2.47 bits per heavy atom. The highest BCUT2D eigenvalue weighted by Crippen LogP contribution is 2.19. The lowest BCUT2D eigenvalue weighted by Gasteiger charge is -2.16. The van der Waals surface area contributed by atoms with Gasteiger partial charge in [0.2, 0.25) is 0 Å². The molecule has 0 radical (unpaired) electrons. The predicted octanol–water partition coefficient (Wildman–Crippen LogP) is 1.25. The number of hydrogen-bond donors (Lipinski definition) is 2. The number of rotatable bonds is 3. The number of nitrogen functional groups attached to an aromatic ring is 1. The molecule has 0 saturated carbocycles. The lowest BCUT2D eigenvalue weighted by molar-refractivity contribution is 0.166. The van der Waals surface area contributed by atoms with Crippen molar-refractivity contribution in [1.29, 1.82) is 0 Å². The van der Waals surface area contributed by atoms with Gasteiger partial charge in [-0.15, -0.1) is 0 Å². The summed E-state index contributed by atoms with van der Waals surface area (Å²) in [5.41, 5.74) is 6.42. The van der Waals surface area contributed by atoms with Gasteiger partial charge in [0.1, 0.15) is 5.82 Å². The van der Waals surface area contributed by atoms with Crippen LogP contribution in [0.4, 0.5) is 10.6 Å². The number of carbonyl (C=O) groups excluding carboxylic acids is 1. The van der Waals surface area contributed by atoms with E-state index < -0.39 is 6.09 Å². The molecule has 0 aromatic carbocycles. The highest BCUT2D eigenvalue weighted by atomic mass is 35.5. The molecule has 1 saturated heterocycles. The number of nitrogens with one attached hydrogen (secondary N) is 1. The number of amides is 1. The number of pyridine rings is 1. The second kappa shape index (κ2) is 6.08. The van der Waals surface area contributed by atoms with Gasteiger partial charge in [-0.3, -0.25) is 4.90 Å². The zero-order valence-electron chi connectivity index (χ0n) is 10.7. The van der Waals surface area contributed by atoms with Gasteiger partial charge in [-0.25, -0.2) is 9.78 Å². The lowest BCUT2D eigenvalue weighted by Crippen LogP contribution is -2.36. The Bertz CT molecular complexity index is 469. The fourth-order valence-corrected chi connectivity index (χ4v) is 2.31. The van der Waals surface area contributed by atoms with E-state index in [4.69, 9.17) is 17.3 Å². The topological polar surface area (TPSA) is 80.5 Å². The van der Waals surface area contributed by atoms with Crippen LogP contribution in [0.3, 0.4) is 0 Å². The Balaban J connectivity index is 1.91. The molecule has 0 spiro atoms. The van der Waals surface area contributed by atoms with E-state index in [-0.39, 0.29) is 6.04 Å². The Labute approximate surface area is 116 Å². The quantitative estimate of drug-likeness (QED) is 0.873. The highest BCUT2D eigenvalue weighted by Gasteiger charge is 2.24. The van der Waals surface area contributed by atoms with Crippen molar-refractivity contribution in [3.05, 3.63) is 22.8 Å². The zero-order chi connectivity index (χ0) is 13.8. The van der Waals surface area contributed by atoms with Gasteiger partial charge >= 0.3 is 6.09 Å². The van der Waals surface area contributed by atoms with Gasteiger partial charge < -0.3 is 15.8 Å². The Hall–Kier alpha value is -1.53. The van der Waals surface area contributed by atoms with Crippen LogP contribution in [0.2, 0.25) is 5.02 Å². The number of aromatic nitrogens is 1. The summed E-state index contributed by atoms with van der Waals surface area (Å²) in [5.74, 6) is 0.461. The summed E-state index contributed by atoms with van der Waals surface area (Å²) in [6, 6.07) is 3.53. The first-order valence-electron chi connectivity index (χ1n) is 6.06. The van der Waals surface area contributed by atoms with Gasteiger partial charge in [-0.2, -0.15) is 0 Å². The predicted molar refractivity (Wildman–Crippen MR) is 72.9 cm³/mol. The van der Waals surface area contributed by atoms with Crippen molar-refractivity contribution < 1.29 is 9.53 Å². The second-order valence-electron chi connectivity index (χ2n) is 4.52. The minimum Gasteiger partial charge on any atom is -0.453 e. The third kappa shape index (κ3) is 3.71. The molecule has 2 rings (SSSR count). The molecule has 2 heterocycles. The Morgan fingerprint density at radius 3 is 3.21 bits per heavy atom. The van der Waals surface area contributed by atoms with Gasteiger partial charge in [-0.05, 0) is 18.6 Å². The van der Waals surface area contributed by atoms with E-state index in [2.05, 4.69) is 19.9 Å². The molecule has 1 amide bonds. The van der Waals surface area contributed by atoms with Crippen molar-refractivity contribution in [3.8, 4) is 0 Å². The van der Waals surface area contributed by atoms with Crippen molar-refractivity contribution in [2.24, 2.45) is 0 Å². The Kier molecular flexibility index (Phi) is 4.44. The van der Waals surface area contributed by atoms with E-state index in [9.17, 15) is 4.79 Å². The van der Waals surface area contributed by atoms with Crippen LogP contribution < -0.4 is 11.1 Å². The number of methoxy groups -OCH3 is 1. The first-order valence-corrected chi connectivity index (χ1v) is 6.44. The van der Waals surface area contributed by atoms with E-state index in [1.54, 1.807) is 12.1 Å². The number of halogens is 1. The number of likely N-dealkylation sites (tertiary alicyclic amines) is 1. The maximum Gasteiger partial charge on any atom is 0.407 e. The summed E-state index contributed by atoms with van der Waals surface area (Å²) < 4.78 is 4.58. The second-order valence-corrected chi connectivity index (χ2v) is 4.93. The molecule has 1 aliphatic heterocycles. The van der Waals surface area contributed by atoms with Crippen LogP contribution in [-0.4, -0.2) is 42.2 Å². The molecule has 3 N–H and O–H groups in total. The van der Waals surface area contributed by atoms with Gasteiger partial charge in [0, 0.05) is 25.7 Å².